The van der Waals surface area contributed by atoms with E-state index in [1.807, 2.05) is 0 Å². The van der Waals surface area contributed by atoms with Gasteiger partial charge in [-0.15, -0.1) is 0 Å². The van der Waals surface area contributed by atoms with Gasteiger partial charge in [0.1, 0.15) is 40.9 Å². The summed E-state index contributed by atoms with van der Waals surface area (Å²) in [7, 11) is 0. The molecule has 2 atom stereocenters. The number of aromatic hydroxyl groups is 1. The highest BCUT2D eigenvalue weighted by atomic mass is 19.4. The Hall–Kier alpha value is -4.99. The number of benzene rings is 1. The number of nitrogens with zero attached hydrogens (tertiary/aromatic N) is 6. The average Bonchev–Trinajstić information content (AvgIpc) is 3.03. The van der Waals surface area contributed by atoms with Crippen LogP contribution in [0.15, 0.2) is 41.3 Å². The largest absolute Gasteiger partial charge is 0.507 e. The van der Waals surface area contributed by atoms with Gasteiger partial charge in [-0.05, 0) is 58.7 Å². The molecule has 16 heteroatoms. The molecule has 1 aliphatic rings. The van der Waals surface area contributed by atoms with Crippen LogP contribution >= 0.6 is 0 Å². The summed E-state index contributed by atoms with van der Waals surface area (Å²) in [6.45, 7) is 12.1. The van der Waals surface area contributed by atoms with Gasteiger partial charge in [0.25, 0.3) is 0 Å². The van der Waals surface area contributed by atoms with E-state index >= 15 is 4.39 Å². The summed E-state index contributed by atoms with van der Waals surface area (Å²) in [6.07, 6.45) is -4.10. The highest BCUT2D eigenvalue weighted by Gasteiger charge is 2.39. The number of aliphatic hydroxyl groups is 1. The fourth-order valence-electron chi connectivity index (χ4n) is 6.09. The molecule has 1 saturated heterocycles. The summed E-state index contributed by atoms with van der Waals surface area (Å²) in [4.78, 5) is 43.8. The monoisotopic (exact) mass is 716 g/mol. The van der Waals surface area contributed by atoms with Crippen molar-refractivity contribution in [3.05, 3.63) is 64.1 Å². The van der Waals surface area contributed by atoms with E-state index in [4.69, 9.17) is 9.47 Å². The maximum absolute atomic E-state index is 16.3. The average molecular weight is 717 g/mol. The second kappa shape index (κ2) is 14.0. The number of hydrogen-bond acceptors (Lipinski definition) is 10. The molecule has 0 unspecified atom stereocenters. The number of pyridine rings is 2. The smallest absolute Gasteiger partial charge is 0.417 e. The van der Waals surface area contributed by atoms with Crippen LogP contribution < -0.4 is 15.3 Å². The Kier molecular flexibility index (Phi) is 10.2. The summed E-state index contributed by atoms with van der Waals surface area (Å²) in [6, 6.07) is 4.06. The lowest BCUT2D eigenvalue weighted by Gasteiger charge is -2.44. The Bertz CT molecular complexity index is 2010. The van der Waals surface area contributed by atoms with Gasteiger partial charge in [0.15, 0.2) is 11.5 Å². The number of hydrogen-bond donors (Lipinski definition) is 2. The third kappa shape index (κ3) is 7.41. The molecule has 1 aliphatic heterocycles. The Morgan fingerprint density at radius 1 is 1.08 bits per heavy atom. The van der Waals surface area contributed by atoms with Gasteiger partial charge in [-0.3, -0.25) is 4.98 Å². The zero-order valence-corrected chi connectivity index (χ0v) is 29.2. The summed E-state index contributed by atoms with van der Waals surface area (Å²) in [5, 5.41) is 20.1. The molecule has 3 aromatic heterocycles. The van der Waals surface area contributed by atoms with Crippen LogP contribution in [0.2, 0.25) is 0 Å². The van der Waals surface area contributed by atoms with Crippen LogP contribution in [-0.4, -0.2) is 84.7 Å². The summed E-state index contributed by atoms with van der Waals surface area (Å²) in [5.74, 6) is -2.37. The molecule has 0 spiro atoms. The zero-order chi connectivity index (χ0) is 37.6. The number of carbonyl (C=O) groups is 1. The molecule has 0 aliphatic carbocycles. The highest BCUT2D eigenvalue weighted by Crippen LogP contribution is 2.43. The van der Waals surface area contributed by atoms with Crippen LogP contribution in [0.4, 0.5) is 28.2 Å². The lowest BCUT2D eigenvalue weighted by atomic mass is 10.0. The number of alkyl halides is 3. The Morgan fingerprint density at radius 3 is 2.41 bits per heavy atom. The highest BCUT2D eigenvalue weighted by molar-refractivity contribution is 5.91. The van der Waals surface area contributed by atoms with Gasteiger partial charge in [-0.1, -0.05) is 19.9 Å². The first kappa shape index (κ1) is 37.3. The van der Waals surface area contributed by atoms with Crippen LogP contribution in [0.1, 0.15) is 65.6 Å². The molecule has 12 nitrogen and oxygen atoms in total. The van der Waals surface area contributed by atoms with E-state index in [1.54, 1.807) is 58.3 Å². The van der Waals surface area contributed by atoms with Crippen molar-refractivity contribution in [2.75, 3.05) is 31.2 Å². The zero-order valence-electron chi connectivity index (χ0n) is 29.2. The number of amides is 1. The Balaban J connectivity index is 1.82. The number of anilines is 1. The third-order valence-corrected chi connectivity index (χ3v) is 8.31. The van der Waals surface area contributed by atoms with E-state index in [0.717, 1.165) is 22.8 Å². The second-order valence-corrected chi connectivity index (χ2v) is 13.7. The van der Waals surface area contributed by atoms with Crippen LogP contribution in [-0.2, 0) is 10.9 Å². The Morgan fingerprint density at radius 2 is 1.78 bits per heavy atom. The van der Waals surface area contributed by atoms with Gasteiger partial charge >= 0.3 is 18.0 Å². The minimum Gasteiger partial charge on any atom is -0.507 e. The molecule has 4 heterocycles. The van der Waals surface area contributed by atoms with Crippen molar-refractivity contribution in [3.8, 4) is 28.4 Å². The van der Waals surface area contributed by atoms with Crippen molar-refractivity contribution in [3.63, 3.8) is 0 Å². The van der Waals surface area contributed by atoms with E-state index in [1.165, 1.54) is 12.3 Å². The number of halogens is 4. The number of carbonyl (C=O) groups excluding carboxylic acids is 1. The normalized spacial score (nSPS) is 17.0. The van der Waals surface area contributed by atoms with Gasteiger partial charge < -0.3 is 29.5 Å². The maximum Gasteiger partial charge on any atom is 0.417 e. The van der Waals surface area contributed by atoms with Crippen LogP contribution in [0.5, 0.6) is 11.5 Å². The fraction of sp³-hybridized carbons (Fsp3) is 0.457. The molecule has 1 amide bonds. The van der Waals surface area contributed by atoms with E-state index in [9.17, 15) is 33.0 Å². The van der Waals surface area contributed by atoms with Crippen molar-refractivity contribution in [2.24, 2.45) is 0 Å². The van der Waals surface area contributed by atoms with Crippen LogP contribution in [0.25, 0.3) is 28.0 Å². The van der Waals surface area contributed by atoms with Crippen molar-refractivity contribution in [2.45, 2.75) is 78.2 Å². The minimum absolute atomic E-state index is 0.0199. The first-order chi connectivity index (χ1) is 23.8. The quantitative estimate of drug-likeness (QED) is 0.218. The molecule has 5 rings (SSSR count). The number of phenols is 1. The molecule has 0 saturated carbocycles. The molecule has 2 N–H and O–H groups in total. The van der Waals surface area contributed by atoms with E-state index in [-0.39, 0.29) is 60.5 Å². The lowest BCUT2D eigenvalue weighted by molar-refractivity contribution is -0.137. The van der Waals surface area contributed by atoms with Gasteiger partial charge in [0, 0.05) is 37.4 Å². The maximum atomic E-state index is 16.3. The van der Waals surface area contributed by atoms with Crippen molar-refractivity contribution < 1.29 is 42.0 Å². The molecule has 1 aromatic carbocycles. The molecule has 0 bridgehead atoms. The van der Waals surface area contributed by atoms with Gasteiger partial charge in [-0.25, -0.2) is 23.5 Å². The van der Waals surface area contributed by atoms with Crippen molar-refractivity contribution in [1.29, 1.82) is 0 Å². The fourth-order valence-corrected chi connectivity index (χ4v) is 6.09. The molecule has 274 valence electrons. The lowest BCUT2D eigenvalue weighted by Crippen LogP contribution is -2.59. The van der Waals surface area contributed by atoms with Gasteiger partial charge in [0.2, 0.25) is 0 Å². The van der Waals surface area contributed by atoms with Crippen LogP contribution in [0.3, 0.4) is 0 Å². The summed E-state index contributed by atoms with van der Waals surface area (Å²) >= 11 is 0. The van der Waals surface area contributed by atoms with Gasteiger partial charge in [0.05, 0.1) is 28.8 Å². The summed E-state index contributed by atoms with van der Waals surface area (Å²) < 4.78 is 71.3. The van der Waals surface area contributed by atoms with E-state index in [0.29, 0.717) is 11.8 Å². The van der Waals surface area contributed by atoms with Gasteiger partial charge in [-0.2, -0.15) is 18.2 Å². The number of piperazine rings is 1. The number of aromatic nitrogens is 4. The van der Waals surface area contributed by atoms with Crippen molar-refractivity contribution in [1.82, 2.24) is 24.4 Å². The standard InChI is InChI=1S/C35H40F4N6O6/c1-18(2)27-29(25(11-12-40-27)50-14-13-46)45-31-21(15-23(36)28(41-31)26-22(35(37,38)39)9-8-10-24(26)47)30(42-32(45)48)43-16-20(4)44(17-19(43)3)33(49)51-34(5,6)7/h8-12,15,18-20,46-47H,13-14,16-17H2,1-7H3/t19-,20+/m0/s1. The molecule has 0 radical (unpaired) electrons. The first-order valence-corrected chi connectivity index (χ1v) is 16.4. The first-order valence-electron chi connectivity index (χ1n) is 16.4. The number of fused-ring (bicyclic) bond motifs is 1. The third-order valence-electron chi connectivity index (χ3n) is 8.31. The van der Waals surface area contributed by atoms with E-state index in [2.05, 4.69) is 15.0 Å². The SMILES string of the molecule is CC(C)c1nccc(OCCO)c1-n1c(=O)nc(N2C[C@@H](C)N(C(=O)OC(C)(C)C)C[C@@H]2C)c2cc(F)c(-c3c(O)cccc3C(F)(F)F)nc21. The van der Waals surface area contributed by atoms with Crippen molar-refractivity contribution >= 4 is 22.9 Å². The number of rotatable bonds is 7. The predicted molar refractivity (Wildman–Crippen MR) is 181 cm³/mol. The van der Waals surface area contributed by atoms with Crippen LogP contribution in [0, 0.1) is 5.82 Å². The molecule has 51 heavy (non-hydrogen) atoms. The number of phenolic OH excluding ortho intramolecular Hbond substituents is 1. The molecular weight excluding hydrogens is 676 g/mol. The Labute approximate surface area is 291 Å². The number of aliphatic hydroxyl groups excluding tert-OH is 1. The summed E-state index contributed by atoms with van der Waals surface area (Å²) in [5.41, 5.74) is -4.73. The molecular formula is C35H40F4N6O6. The second-order valence-electron chi connectivity index (χ2n) is 13.7. The molecule has 4 aromatic rings. The number of ether oxygens (including phenoxy) is 2. The molecule has 1 fully saturated rings. The van der Waals surface area contributed by atoms with E-state index < -0.39 is 64.0 Å². The minimum atomic E-state index is -5.00. The topological polar surface area (TPSA) is 143 Å². The predicted octanol–water partition coefficient (Wildman–Crippen LogP) is 6.03.